The molecule has 194 valence electrons. The van der Waals surface area contributed by atoms with Gasteiger partial charge in [-0.25, -0.2) is 0 Å². The third-order valence-electron chi connectivity index (χ3n) is 7.18. The molecule has 2 aliphatic rings. The predicted molar refractivity (Wildman–Crippen MR) is 144 cm³/mol. The number of benzene rings is 1. The molecule has 2 heterocycles. The van der Waals surface area contributed by atoms with Gasteiger partial charge in [0.15, 0.2) is 5.79 Å². The van der Waals surface area contributed by atoms with Crippen molar-refractivity contribution in [2.24, 2.45) is 5.92 Å². The lowest BCUT2D eigenvalue weighted by Crippen LogP contribution is -2.43. The van der Waals surface area contributed by atoms with Gasteiger partial charge in [0, 0.05) is 38.3 Å². The van der Waals surface area contributed by atoms with Crippen molar-refractivity contribution in [2.75, 3.05) is 39.4 Å². The summed E-state index contributed by atoms with van der Waals surface area (Å²) in [6.07, 6.45) is 10.7. The average Bonchev–Trinajstić information content (AvgIpc) is 3.31. The number of aliphatic hydroxyl groups is 1. The van der Waals surface area contributed by atoms with Crippen LogP contribution in [0, 0.1) is 12.8 Å². The summed E-state index contributed by atoms with van der Waals surface area (Å²) in [5.74, 6) is -0.739. The van der Waals surface area contributed by atoms with Crippen molar-refractivity contribution >= 4 is 5.57 Å². The first kappa shape index (κ1) is 26.7. The van der Waals surface area contributed by atoms with Crippen LogP contribution in [-0.2, 0) is 16.0 Å². The van der Waals surface area contributed by atoms with E-state index in [1.807, 2.05) is 24.4 Å². The second kappa shape index (κ2) is 13.3. The van der Waals surface area contributed by atoms with E-state index in [1.165, 1.54) is 16.7 Å². The molecule has 1 aliphatic heterocycles. The van der Waals surface area contributed by atoms with Crippen LogP contribution < -0.4 is 5.32 Å². The molecule has 0 spiro atoms. The van der Waals surface area contributed by atoms with Crippen molar-refractivity contribution in [3.8, 4) is 0 Å². The Bertz CT molecular complexity index is 1010. The molecule has 1 saturated heterocycles. The van der Waals surface area contributed by atoms with Crippen LogP contribution in [0.3, 0.4) is 0 Å². The zero-order valence-corrected chi connectivity index (χ0v) is 21.7. The number of hydrogen-bond donors (Lipinski definition) is 2. The lowest BCUT2D eigenvalue weighted by molar-refractivity contribution is -0.223. The van der Waals surface area contributed by atoms with Crippen LogP contribution >= 0.6 is 0 Å². The van der Waals surface area contributed by atoms with Gasteiger partial charge in [-0.2, -0.15) is 0 Å². The van der Waals surface area contributed by atoms with Crippen molar-refractivity contribution < 1.29 is 14.6 Å². The van der Waals surface area contributed by atoms with Crippen LogP contribution in [0.4, 0.5) is 0 Å². The van der Waals surface area contributed by atoms with Crippen molar-refractivity contribution in [2.45, 2.75) is 51.5 Å². The van der Waals surface area contributed by atoms with E-state index in [0.29, 0.717) is 13.2 Å². The first-order valence-corrected chi connectivity index (χ1v) is 13.3. The van der Waals surface area contributed by atoms with Gasteiger partial charge in [0.1, 0.15) is 0 Å². The van der Waals surface area contributed by atoms with Crippen LogP contribution in [0.25, 0.3) is 5.57 Å². The summed E-state index contributed by atoms with van der Waals surface area (Å²) in [6.45, 7) is 9.84. The highest BCUT2D eigenvalue weighted by Gasteiger charge is 2.40. The first-order chi connectivity index (χ1) is 17.6. The van der Waals surface area contributed by atoms with Crippen LogP contribution in [0.15, 0.2) is 66.9 Å². The molecule has 0 bridgehead atoms. The predicted octanol–water partition coefficient (Wildman–Crippen LogP) is 4.35. The molecule has 36 heavy (non-hydrogen) atoms. The monoisotopic (exact) mass is 491 g/mol. The van der Waals surface area contributed by atoms with E-state index in [2.05, 4.69) is 71.5 Å². The number of allylic oxidation sites excluding steroid dienone is 2. The van der Waals surface area contributed by atoms with Crippen molar-refractivity contribution in [1.82, 2.24) is 15.2 Å². The maximum absolute atomic E-state index is 9.80. The van der Waals surface area contributed by atoms with Crippen LogP contribution in [0.5, 0.6) is 0 Å². The summed E-state index contributed by atoms with van der Waals surface area (Å²) in [5.41, 5.74) is 4.78. The highest BCUT2D eigenvalue weighted by molar-refractivity contribution is 5.73. The molecule has 0 saturated carbocycles. The largest absolute Gasteiger partial charge is 0.392 e. The van der Waals surface area contributed by atoms with Gasteiger partial charge in [-0.15, -0.1) is 0 Å². The zero-order chi connectivity index (χ0) is 25.2. The van der Waals surface area contributed by atoms with Crippen LogP contribution in [0.2, 0.25) is 0 Å². The Morgan fingerprint density at radius 3 is 2.67 bits per heavy atom. The number of nitrogens with one attached hydrogen (secondary N) is 1. The third kappa shape index (κ3) is 7.11. The summed E-state index contributed by atoms with van der Waals surface area (Å²) < 4.78 is 13.1. The molecule has 2 aromatic rings. The Hall–Kier alpha value is -2.35. The number of hydrogen-bond acceptors (Lipinski definition) is 6. The Kier molecular flexibility index (Phi) is 9.84. The summed E-state index contributed by atoms with van der Waals surface area (Å²) in [7, 11) is 0. The molecule has 6 heteroatoms. The minimum Gasteiger partial charge on any atom is -0.392 e. The van der Waals surface area contributed by atoms with E-state index in [9.17, 15) is 5.11 Å². The summed E-state index contributed by atoms with van der Waals surface area (Å²) in [4.78, 5) is 6.68. The highest BCUT2D eigenvalue weighted by Crippen LogP contribution is 2.40. The van der Waals surface area contributed by atoms with Crippen molar-refractivity contribution in [3.05, 3.63) is 83.7 Å². The van der Waals surface area contributed by atoms with Gasteiger partial charge in [0.25, 0.3) is 0 Å². The molecule has 6 nitrogen and oxygen atoms in total. The Morgan fingerprint density at radius 1 is 1.11 bits per heavy atom. The lowest BCUT2D eigenvalue weighted by Gasteiger charge is -2.40. The molecule has 2 N–H and O–H groups in total. The van der Waals surface area contributed by atoms with E-state index in [0.717, 1.165) is 57.7 Å². The highest BCUT2D eigenvalue weighted by atomic mass is 16.7. The van der Waals surface area contributed by atoms with Gasteiger partial charge in [0.05, 0.1) is 25.0 Å². The second-order valence-corrected chi connectivity index (χ2v) is 9.88. The SMILES string of the molecule is Cc1ccccc1C1=CC=CC(OCCCNCc2ccccn2)(OCCCN2CC[C@@H](O)C2)C1C. The van der Waals surface area contributed by atoms with Crippen LogP contribution in [-0.4, -0.2) is 66.3 Å². The van der Waals surface area contributed by atoms with E-state index >= 15 is 0 Å². The molecular formula is C30H41N3O3. The number of likely N-dealkylation sites (tertiary alicyclic amines) is 1. The maximum Gasteiger partial charge on any atom is 0.194 e. The maximum atomic E-state index is 9.80. The van der Waals surface area contributed by atoms with Gasteiger partial charge in [-0.3, -0.25) is 4.98 Å². The number of nitrogens with zero attached hydrogens (tertiary/aromatic N) is 2. The number of aliphatic hydroxyl groups excluding tert-OH is 1. The number of aromatic nitrogens is 1. The molecule has 4 rings (SSSR count). The van der Waals surface area contributed by atoms with Crippen molar-refractivity contribution in [1.29, 1.82) is 0 Å². The summed E-state index contributed by atoms with van der Waals surface area (Å²) in [6, 6.07) is 14.5. The van der Waals surface area contributed by atoms with Gasteiger partial charge in [-0.05, 0) is 67.6 Å². The summed E-state index contributed by atoms with van der Waals surface area (Å²) in [5, 5.41) is 13.3. The number of rotatable bonds is 13. The lowest BCUT2D eigenvalue weighted by atomic mass is 9.82. The van der Waals surface area contributed by atoms with Gasteiger partial charge >= 0.3 is 0 Å². The number of ether oxygens (including phenoxy) is 2. The van der Waals surface area contributed by atoms with Gasteiger partial charge in [-0.1, -0.05) is 49.4 Å². The molecule has 1 aliphatic carbocycles. The standard InChI is InChI=1S/C30H41N3O3/c1-24-10-3-4-12-28(24)29-13-7-15-30(25(29)2,36-21-9-18-33-19-14-27(34)23-33)35-20-8-16-31-22-26-11-5-6-17-32-26/h3-7,10-13,15,17,25,27,31,34H,8-9,14,16,18-23H2,1-2H3/t25?,27-,30?/m1/s1. The first-order valence-electron chi connectivity index (χ1n) is 13.3. The molecule has 2 unspecified atom stereocenters. The van der Waals surface area contributed by atoms with Gasteiger partial charge in [0.2, 0.25) is 0 Å². The average molecular weight is 492 g/mol. The minimum atomic E-state index is -0.794. The third-order valence-corrected chi connectivity index (χ3v) is 7.18. The topological polar surface area (TPSA) is 66.8 Å². The smallest absolute Gasteiger partial charge is 0.194 e. The van der Waals surface area contributed by atoms with E-state index < -0.39 is 5.79 Å². The molecule has 1 aromatic heterocycles. The molecule has 0 amide bonds. The van der Waals surface area contributed by atoms with Crippen molar-refractivity contribution in [3.63, 3.8) is 0 Å². The number of aryl methyl sites for hydroxylation is 1. The van der Waals surface area contributed by atoms with Gasteiger partial charge < -0.3 is 24.8 Å². The summed E-state index contributed by atoms with van der Waals surface area (Å²) >= 11 is 0. The Morgan fingerprint density at radius 2 is 1.92 bits per heavy atom. The molecular weight excluding hydrogens is 450 g/mol. The Labute approximate surface area is 216 Å². The van der Waals surface area contributed by atoms with Crippen LogP contribution in [0.1, 0.15) is 43.0 Å². The fourth-order valence-corrected chi connectivity index (χ4v) is 5.08. The normalized spacial score (nSPS) is 24.2. The number of pyridine rings is 1. The molecule has 1 aromatic carbocycles. The zero-order valence-electron chi connectivity index (χ0n) is 21.7. The number of β-amino-alcohol motifs (C(OH)–C–C–N with tert-alkyl or cyclic N) is 1. The molecule has 0 radical (unpaired) electrons. The quantitative estimate of drug-likeness (QED) is 0.321. The van der Waals surface area contributed by atoms with E-state index in [4.69, 9.17) is 9.47 Å². The minimum absolute atomic E-state index is 0.0543. The van der Waals surface area contributed by atoms with E-state index in [1.54, 1.807) is 0 Å². The fourth-order valence-electron chi connectivity index (χ4n) is 5.08. The van der Waals surface area contributed by atoms with E-state index in [-0.39, 0.29) is 12.0 Å². The molecule has 1 fully saturated rings. The fraction of sp³-hybridized carbons (Fsp3) is 0.500. The second-order valence-electron chi connectivity index (χ2n) is 9.88. The molecule has 3 atom stereocenters. The Balaban J connectivity index is 1.34.